The molecule has 52 heavy (non-hydrogen) atoms. The van der Waals surface area contributed by atoms with Gasteiger partial charge in [0.25, 0.3) is 12.3 Å². The SMILES string of the molecule is CC(C)(C)C[C@]1(c2ccc(-c3ncccn3)cc2)N=C(N)N([C@H](COC(=O)CC(C)(C)C(F)(F)F)c2ccc(Cl)c(-n3ncnc3C(F)F)c2)C1=O. The van der Waals surface area contributed by atoms with Crippen LogP contribution < -0.4 is 5.73 Å². The zero-order valence-electron chi connectivity index (χ0n) is 28.8. The summed E-state index contributed by atoms with van der Waals surface area (Å²) in [5.41, 5.74) is 3.29. The van der Waals surface area contributed by atoms with Crippen LogP contribution in [-0.2, 0) is 19.9 Å². The number of nitrogens with zero attached hydrogens (tertiary/aromatic N) is 7. The molecule has 17 heteroatoms. The monoisotopic (exact) mass is 746 g/mol. The van der Waals surface area contributed by atoms with Gasteiger partial charge in [-0.05, 0) is 41.2 Å². The van der Waals surface area contributed by atoms with Crippen molar-refractivity contribution >= 4 is 29.4 Å². The second-order valence-electron chi connectivity index (χ2n) is 14.2. The summed E-state index contributed by atoms with van der Waals surface area (Å²) < 4.78 is 74.8. The van der Waals surface area contributed by atoms with Gasteiger partial charge in [-0.2, -0.15) is 18.3 Å². The Bertz CT molecular complexity index is 1960. The van der Waals surface area contributed by atoms with Gasteiger partial charge in [-0.1, -0.05) is 76.6 Å². The maximum atomic E-state index is 14.9. The van der Waals surface area contributed by atoms with Gasteiger partial charge in [0.1, 0.15) is 12.9 Å². The Balaban J connectivity index is 1.59. The van der Waals surface area contributed by atoms with E-state index in [2.05, 4.69) is 20.1 Å². The van der Waals surface area contributed by atoms with Crippen molar-refractivity contribution in [3.63, 3.8) is 0 Å². The van der Waals surface area contributed by atoms with Crippen molar-refractivity contribution in [1.29, 1.82) is 0 Å². The van der Waals surface area contributed by atoms with Gasteiger partial charge < -0.3 is 10.5 Å². The number of aromatic nitrogens is 5. The van der Waals surface area contributed by atoms with E-state index in [0.717, 1.165) is 29.8 Å². The number of esters is 1. The molecule has 2 aromatic heterocycles. The summed E-state index contributed by atoms with van der Waals surface area (Å²) in [4.78, 5) is 45.8. The summed E-state index contributed by atoms with van der Waals surface area (Å²) in [5.74, 6) is -2.35. The standard InChI is InChI=1S/C35H36ClF5N8O3/c1-32(2,3)18-34(22-10-7-20(8-11-22)28-43-13-6-14-44-28)30(51)48(31(42)47-34)25(17-52-26(50)16-33(4,5)35(39,40)41)21-9-12-23(36)24(15-21)49-29(27(37)38)45-19-46-49/h6-15,19,25,27H,16-18H2,1-5H3,(H2,42,47)/t25-,34-/m1/s1. The number of halogens is 6. The maximum absolute atomic E-state index is 14.9. The number of benzene rings is 2. The van der Waals surface area contributed by atoms with Crippen LogP contribution in [-0.4, -0.2) is 60.3 Å². The molecule has 0 radical (unpaired) electrons. The Morgan fingerprint density at radius 2 is 1.65 bits per heavy atom. The van der Waals surface area contributed by atoms with Gasteiger partial charge in [-0.15, -0.1) is 0 Å². The summed E-state index contributed by atoms with van der Waals surface area (Å²) in [6.07, 6.45) is -4.50. The first-order valence-corrected chi connectivity index (χ1v) is 16.4. The van der Waals surface area contributed by atoms with E-state index in [0.29, 0.717) is 17.0 Å². The molecular weight excluding hydrogens is 711 g/mol. The van der Waals surface area contributed by atoms with Crippen molar-refractivity contribution in [1.82, 2.24) is 29.6 Å². The molecule has 0 aliphatic carbocycles. The summed E-state index contributed by atoms with van der Waals surface area (Å²) in [6.45, 7) is 6.78. The Morgan fingerprint density at radius 1 is 1.00 bits per heavy atom. The van der Waals surface area contributed by atoms with Gasteiger partial charge in [0.15, 0.2) is 23.1 Å². The minimum absolute atomic E-state index is 0.0160. The number of guanidine groups is 1. The molecule has 0 unspecified atom stereocenters. The highest BCUT2D eigenvalue weighted by molar-refractivity contribution is 6.32. The van der Waals surface area contributed by atoms with Crippen LogP contribution in [0.4, 0.5) is 22.0 Å². The lowest BCUT2D eigenvalue weighted by Gasteiger charge is -2.35. The molecule has 0 spiro atoms. The second-order valence-corrected chi connectivity index (χ2v) is 14.6. The smallest absolute Gasteiger partial charge is 0.394 e. The third-order valence-corrected chi connectivity index (χ3v) is 8.84. The highest BCUT2D eigenvalue weighted by atomic mass is 35.5. The van der Waals surface area contributed by atoms with Crippen molar-refractivity contribution in [3.05, 3.63) is 89.2 Å². The fraction of sp³-hybridized carbons (Fsp3) is 0.400. The first kappa shape index (κ1) is 38.2. The van der Waals surface area contributed by atoms with Crippen LogP contribution in [0.1, 0.15) is 76.9 Å². The van der Waals surface area contributed by atoms with E-state index in [1.165, 1.54) is 18.2 Å². The molecule has 11 nitrogen and oxygen atoms in total. The molecule has 1 amide bonds. The maximum Gasteiger partial charge on any atom is 0.394 e. The van der Waals surface area contributed by atoms with Crippen LogP contribution in [0.5, 0.6) is 0 Å². The number of alkyl halides is 5. The number of amides is 1. The minimum atomic E-state index is -4.71. The molecule has 2 atom stereocenters. The van der Waals surface area contributed by atoms with Gasteiger partial charge in [0.05, 0.1) is 28.6 Å². The Morgan fingerprint density at radius 3 is 2.25 bits per heavy atom. The number of rotatable bonds is 11. The number of carbonyl (C=O) groups is 2. The van der Waals surface area contributed by atoms with Crippen LogP contribution >= 0.6 is 11.6 Å². The number of carbonyl (C=O) groups excluding carboxylic acids is 2. The zero-order chi connectivity index (χ0) is 38.2. The van der Waals surface area contributed by atoms with E-state index in [9.17, 15) is 31.5 Å². The predicted molar refractivity (Wildman–Crippen MR) is 181 cm³/mol. The van der Waals surface area contributed by atoms with Crippen LogP contribution in [0.25, 0.3) is 17.1 Å². The molecule has 0 bridgehead atoms. The topological polar surface area (TPSA) is 141 Å². The van der Waals surface area contributed by atoms with Gasteiger partial charge in [0, 0.05) is 18.0 Å². The number of nitrogens with two attached hydrogens (primary N) is 1. The molecule has 0 saturated heterocycles. The second kappa shape index (κ2) is 14.2. The molecular formula is C35H36ClF5N8O3. The average Bonchev–Trinajstić information content (AvgIpc) is 3.64. The first-order chi connectivity index (χ1) is 24.2. The summed E-state index contributed by atoms with van der Waals surface area (Å²) >= 11 is 6.42. The van der Waals surface area contributed by atoms with Crippen molar-refractivity contribution in [2.24, 2.45) is 21.6 Å². The van der Waals surface area contributed by atoms with E-state index in [1.54, 1.807) is 42.7 Å². The molecule has 276 valence electrons. The largest absolute Gasteiger partial charge is 0.463 e. The van der Waals surface area contributed by atoms with Crippen LogP contribution in [0.15, 0.2) is 72.2 Å². The lowest BCUT2D eigenvalue weighted by molar-refractivity contribution is -0.217. The molecule has 0 saturated carbocycles. The number of hydrogen-bond acceptors (Lipinski definition) is 9. The van der Waals surface area contributed by atoms with Crippen molar-refractivity contribution in [2.75, 3.05) is 6.61 Å². The molecule has 0 fully saturated rings. The Hall–Kier alpha value is -4.99. The molecule has 2 aromatic carbocycles. The van der Waals surface area contributed by atoms with Crippen LogP contribution in [0, 0.1) is 10.8 Å². The molecule has 3 heterocycles. The summed E-state index contributed by atoms with van der Waals surface area (Å²) in [7, 11) is 0. The fourth-order valence-corrected chi connectivity index (χ4v) is 6.10. The average molecular weight is 747 g/mol. The van der Waals surface area contributed by atoms with Crippen LogP contribution in [0.2, 0.25) is 5.02 Å². The third kappa shape index (κ3) is 7.76. The van der Waals surface area contributed by atoms with Crippen molar-refractivity contribution in [2.45, 2.75) is 71.6 Å². The van der Waals surface area contributed by atoms with Crippen LogP contribution in [0.3, 0.4) is 0 Å². The quantitative estimate of drug-likeness (QED) is 0.124. The Kier molecular flexibility index (Phi) is 10.4. The summed E-state index contributed by atoms with van der Waals surface area (Å²) in [5, 5.41) is 3.86. The van der Waals surface area contributed by atoms with Gasteiger partial charge in [-0.25, -0.2) is 33.4 Å². The van der Waals surface area contributed by atoms with Gasteiger partial charge in [-0.3, -0.25) is 14.5 Å². The third-order valence-electron chi connectivity index (χ3n) is 8.52. The van der Waals surface area contributed by atoms with E-state index in [-0.39, 0.29) is 28.7 Å². The van der Waals surface area contributed by atoms with E-state index in [1.807, 2.05) is 20.8 Å². The zero-order valence-corrected chi connectivity index (χ0v) is 29.6. The minimum Gasteiger partial charge on any atom is -0.463 e. The summed E-state index contributed by atoms with van der Waals surface area (Å²) in [6, 6.07) is 11.4. The molecule has 1 aliphatic rings. The number of hydrogen-bond donors (Lipinski definition) is 1. The van der Waals surface area contributed by atoms with E-state index >= 15 is 0 Å². The lowest BCUT2D eigenvalue weighted by atomic mass is 9.75. The fourth-order valence-electron chi connectivity index (χ4n) is 5.91. The van der Waals surface area contributed by atoms with Crippen molar-refractivity contribution in [3.8, 4) is 17.1 Å². The number of ether oxygens (including phenoxy) is 1. The van der Waals surface area contributed by atoms with Gasteiger partial charge >= 0.3 is 12.1 Å². The molecule has 4 aromatic rings. The molecule has 1 aliphatic heterocycles. The first-order valence-electron chi connectivity index (χ1n) is 16.0. The predicted octanol–water partition coefficient (Wildman–Crippen LogP) is 7.37. The molecule has 2 N–H and O–H groups in total. The number of aliphatic imine (C=N–C) groups is 1. The van der Waals surface area contributed by atoms with Gasteiger partial charge in [0.2, 0.25) is 0 Å². The highest BCUT2D eigenvalue weighted by Gasteiger charge is 2.53. The van der Waals surface area contributed by atoms with Crippen molar-refractivity contribution < 1.29 is 36.3 Å². The molecule has 5 rings (SSSR count). The van der Waals surface area contributed by atoms with E-state index in [4.69, 9.17) is 27.1 Å². The normalized spacial score (nSPS) is 17.4. The van der Waals surface area contributed by atoms with E-state index < -0.39 is 65.7 Å². The lowest BCUT2D eigenvalue weighted by Crippen LogP contribution is -2.47. The highest BCUT2D eigenvalue weighted by Crippen LogP contribution is 2.46. The Labute approximate surface area is 301 Å².